The molecule has 1 aliphatic rings. The van der Waals surface area contributed by atoms with E-state index in [9.17, 15) is 4.79 Å². The lowest BCUT2D eigenvalue weighted by atomic mass is 10.1. The molecule has 0 saturated carbocycles. The van der Waals surface area contributed by atoms with Gasteiger partial charge in [0.25, 0.3) is 0 Å². The summed E-state index contributed by atoms with van der Waals surface area (Å²) >= 11 is 0. The van der Waals surface area contributed by atoms with Gasteiger partial charge >= 0.3 is 5.97 Å². The highest BCUT2D eigenvalue weighted by atomic mass is 16.4. The number of hydrogen-bond acceptors (Lipinski definition) is 3. The molecule has 1 fully saturated rings. The number of carboxylic acids is 1. The molecule has 1 heterocycles. The van der Waals surface area contributed by atoms with Gasteiger partial charge in [0.1, 0.15) is 0 Å². The maximum atomic E-state index is 10.3. The first-order valence-corrected chi connectivity index (χ1v) is 5.87. The molecule has 4 heteroatoms. The first-order valence-electron chi connectivity index (χ1n) is 5.87. The van der Waals surface area contributed by atoms with Gasteiger partial charge in [-0.3, -0.25) is 4.79 Å². The fourth-order valence-corrected chi connectivity index (χ4v) is 2.04. The van der Waals surface area contributed by atoms with Crippen molar-refractivity contribution in [3.05, 3.63) is 0 Å². The van der Waals surface area contributed by atoms with Crippen LogP contribution in [0.2, 0.25) is 0 Å². The molecule has 2 N–H and O–H groups in total. The Labute approximate surface area is 91.6 Å². The number of nitrogens with one attached hydrogen (secondary N) is 1. The summed E-state index contributed by atoms with van der Waals surface area (Å²) in [5, 5.41) is 11.8. The minimum Gasteiger partial charge on any atom is -0.481 e. The third-order valence-electron chi connectivity index (χ3n) is 2.99. The number of rotatable bonds is 7. The normalized spacial score (nSPS) is 22.1. The molecule has 0 aliphatic carbocycles. The quantitative estimate of drug-likeness (QED) is 0.615. The van der Waals surface area contributed by atoms with Crippen molar-refractivity contribution in [1.29, 1.82) is 0 Å². The fourth-order valence-electron chi connectivity index (χ4n) is 2.04. The van der Waals surface area contributed by atoms with Crippen molar-refractivity contribution in [3.63, 3.8) is 0 Å². The molecule has 1 rings (SSSR count). The Hall–Kier alpha value is -0.610. The summed E-state index contributed by atoms with van der Waals surface area (Å²) in [6, 6.07) is 0. The van der Waals surface area contributed by atoms with Crippen molar-refractivity contribution in [2.75, 3.05) is 32.7 Å². The molecule has 0 amide bonds. The average Bonchev–Trinajstić information content (AvgIpc) is 2.65. The zero-order valence-corrected chi connectivity index (χ0v) is 9.54. The lowest BCUT2D eigenvalue weighted by molar-refractivity contribution is -0.137. The standard InChI is InChI=1S/C11H22N2O2/c1-2-13-7-5-10(9-13)8-12-6-3-4-11(14)15/h10,12H,2-9H2,1H3,(H,14,15). The van der Waals surface area contributed by atoms with Crippen LogP contribution in [-0.4, -0.2) is 48.7 Å². The topological polar surface area (TPSA) is 52.6 Å². The van der Waals surface area contributed by atoms with Crippen LogP contribution in [0.1, 0.15) is 26.2 Å². The Bertz CT molecular complexity index is 197. The Morgan fingerprint density at radius 3 is 3.00 bits per heavy atom. The van der Waals surface area contributed by atoms with Gasteiger partial charge in [-0.25, -0.2) is 0 Å². The van der Waals surface area contributed by atoms with E-state index in [1.165, 1.54) is 19.5 Å². The van der Waals surface area contributed by atoms with Gasteiger partial charge in [-0.1, -0.05) is 6.92 Å². The van der Waals surface area contributed by atoms with Gasteiger partial charge in [-0.05, 0) is 44.9 Å². The number of hydrogen-bond donors (Lipinski definition) is 2. The predicted molar refractivity (Wildman–Crippen MR) is 60.0 cm³/mol. The van der Waals surface area contributed by atoms with E-state index in [0.717, 1.165) is 32.0 Å². The van der Waals surface area contributed by atoms with Crippen molar-refractivity contribution < 1.29 is 9.90 Å². The first kappa shape index (κ1) is 12.5. The molecule has 0 aromatic carbocycles. The van der Waals surface area contributed by atoms with Crippen LogP contribution in [0.25, 0.3) is 0 Å². The number of carboxylic acid groups (broad SMARTS) is 1. The minimum atomic E-state index is -0.699. The number of nitrogens with zero attached hydrogens (tertiary/aromatic N) is 1. The molecule has 1 unspecified atom stereocenters. The zero-order chi connectivity index (χ0) is 11.1. The summed E-state index contributed by atoms with van der Waals surface area (Å²) in [6.45, 7) is 7.63. The second-order valence-corrected chi connectivity index (χ2v) is 4.25. The van der Waals surface area contributed by atoms with Gasteiger partial charge < -0.3 is 15.3 Å². The molecule has 0 aromatic heterocycles. The van der Waals surface area contributed by atoms with Crippen molar-refractivity contribution in [1.82, 2.24) is 10.2 Å². The number of aliphatic carboxylic acids is 1. The van der Waals surface area contributed by atoms with Crippen molar-refractivity contribution in [2.24, 2.45) is 5.92 Å². The van der Waals surface area contributed by atoms with Gasteiger partial charge in [0, 0.05) is 13.0 Å². The Balaban J connectivity index is 1.94. The molecule has 88 valence electrons. The maximum Gasteiger partial charge on any atom is 0.303 e. The van der Waals surface area contributed by atoms with E-state index < -0.39 is 5.97 Å². The summed E-state index contributed by atoms with van der Waals surface area (Å²) in [4.78, 5) is 12.7. The van der Waals surface area contributed by atoms with Gasteiger partial charge in [0.15, 0.2) is 0 Å². The van der Waals surface area contributed by atoms with E-state index in [0.29, 0.717) is 0 Å². The van der Waals surface area contributed by atoms with Gasteiger partial charge in [-0.2, -0.15) is 0 Å². The smallest absolute Gasteiger partial charge is 0.303 e. The molecule has 0 spiro atoms. The van der Waals surface area contributed by atoms with Crippen LogP contribution in [0.4, 0.5) is 0 Å². The maximum absolute atomic E-state index is 10.3. The molecule has 0 aromatic rings. The highest BCUT2D eigenvalue weighted by molar-refractivity contribution is 5.66. The lowest BCUT2D eigenvalue weighted by Crippen LogP contribution is -2.27. The third-order valence-corrected chi connectivity index (χ3v) is 2.99. The molecular weight excluding hydrogens is 192 g/mol. The van der Waals surface area contributed by atoms with E-state index in [1.807, 2.05) is 0 Å². The lowest BCUT2D eigenvalue weighted by Gasteiger charge is -2.13. The summed E-state index contributed by atoms with van der Waals surface area (Å²) in [6.07, 6.45) is 2.29. The SMILES string of the molecule is CCN1CCC(CNCCCC(=O)O)C1. The Kier molecular flexibility index (Phi) is 5.65. The van der Waals surface area contributed by atoms with E-state index in [2.05, 4.69) is 17.1 Å². The first-order chi connectivity index (χ1) is 7.22. The predicted octanol–water partition coefficient (Wildman–Crippen LogP) is 0.783. The summed E-state index contributed by atoms with van der Waals surface area (Å²) < 4.78 is 0. The second kappa shape index (κ2) is 6.80. The van der Waals surface area contributed by atoms with Gasteiger partial charge in [-0.15, -0.1) is 0 Å². The van der Waals surface area contributed by atoms with Crippen LogP contribution in [-0.2, 0) is 4.79 Å². The average molecular weight is 214 g/mol. The largest absolute Gasteiger partial charge is 0.481 e. The van der Waals surface area contributed by atoms with Crippen molar-refractivity contribution in [2.45, 2.75) is 26.2 Å². The second-order valence-electron chi connectivity index (χ2n) is 4.25. The van der Waals surface area contributed by atoms with Crippen LogP contribution < -0.4 is 5.32 Å². The Morgan fingerprint density at radius 1 is 1.60 bits per heavy atom. The summed E-state index contributed by atoms with van der Waals surface area (Å²) in [7, 11) is 0. The van der Waals surface area contributed by atoms with Crippen molar-refractivity contribution in [3.8, 4) is 0 Å². The molecule has 15 heavy (non-hydrogen) atoms. The van der Waals surface area contributed by atoms with Crippen LogP contribution in [0.15, 0.2) is 0 Å². The molecule has 4 nitrogen and oxygen atoms in total. The molecule has 0 bridgehead atoms. The third kappa shape index (κ3) is 5.14. The van der Waals surface area contributed by atoms with E-state index >= 15 is 0 Å². The molecule has 1 saturated heterocycles. The highest BCUT2D eigenvalue weighted by Crippen LogP contribution is 2.14. The molecule has 1 aliphatic heterocycles. The molecule has 1 atom stereocenters. The van der Waals surface area contributed by atoms with E-state index in [-0.39, 0.29) is 6.42 Å². The van der Waals surface area contributed by atoms with E-state index in [4.69, 9.17) is 5.11 Å². The van der Waals surface area contributed by atoms with Crippen molar-refractivity contribution >= 4 is 5.97 Å². The Morgan fingerprint density at radius 2 is 2.40 bits per heavy atom. The van der Waals surface area contributed by atoms with Crippen LogP contribution >= 0.6 is 0 Å². The monoisotopic (exact) mass is 214 g/mol. The summed E-state index contributed by atoms with van der Waals surface area (Å²) in [5.41, 5.74) is 0. The number of likely N-dealkylation sites (tertiary alicyclic amines) is 1. The summed E-state index contributed by atoms with van der Waals surface area (Å²) in [5.74, 6) is 0.0598. The molecular formula is C11H22N2O2. The van der Waals surface area contributed by atoms with E-state index in [1.54, 1.807) is 0 Å². The zero-order valence-electron chi connectivity index (χ0n) is 9.54. The van der Waals surface area contributed by atoms with Crippen LogP contribution in [0.3, 0.4) is 0 Å². The highest BCUT2D eigenvalue weighted by Gasteiger charge is 2.20. The van der Waals surface area contributed by atoms with Gasteiger partial charge in [0.2, 0.25) is 0 Å². The van der Waals surface area contributed by atoms with Crippen LogP contribution in [0.5, 0.6) is 0 Å². The van der Waals surface area contributed by atoms with Gasteiger partial charge in [0.05, 0.1) is 0 Å². The fraction of sp³-hybridized carbons (Fsp3) is 0.909. The van der Waals surface area contributed by atoms with Crippen LogP contribution in [0, 0.1) is 5.92 Å². The molecule has 0 radical (unpaired) electrons. The minimum absolute atomic E-state index is 0.277. The number of carbonyl (C=O) groups is 1.